The first-order chi connectivity index (χ1) is 36.1. The number of benzene rings is 9. The zero-order chi connectivity index (χ0) is 48.9. The Labute approximate surface area is 427 Å². The number of nitrogens with zero attached hydrogens (tertiary/aromatic N) is 3. The van der Waals surface area contributed by atoms with Gasteiger partial charge in [-0.05, 0) is 133 Å². The van der Waals surface area contributed by atoms with Crippen molar-refractivity contribution in [1.82, 2.24) is 15.0 Å². The molecule has 0 saturated carbocycles. The maximum absolute atomic E-state index is 5.18. The molecule has 0 aliphatic heterocycles. The molecule has 3 heteroatoms. The molecule has 0 saturated heterocycles. The van der Waals surface area contributed by atoms with Crippen molar-refractivity contribution in [2.24, 2.45) is 0 Å². The average molecular weight is 932 g/mol. The second kappa shape index (κ2) is 20.0. The number of hydrogen-bond acceptors (Lipinski definition) is 3. The molecule has 0 atom stereocenters. The van der Waals surface area contributed by atoms with E-state index in [0.717, 1.165) is 112 Å². The summed E-state index contributed by atoms with van der Waals surface area (Å²) >= 11 is 0. The standard InChI is InChI=1S/C70H49N3/c1-48-39-70(55-28-18-27-54(41-55)53-26-17-25-52(40-53)49-19-5-2-6-20-49)73-47-67(48)66-34-16-15-33-65(66)60-43-58(63-31-13-11-29-61(63)56-35-37-68(71-45-56)50-21-7-3-8-22-50)42-59(44-60)64-32-14-12-30-62(64)57-36-38-69(72-46-57)51-23-9-4-10-24-51/h2-47H,1H3. The first-order valence-electron chi connectivity index (χ1n) is 24.8. The van der Waals surface area contributed by atoms with Gasteiger partial charge < -0.3 is 0 Å². The third-order valence-electron chi connectivity index (χ3n) is 13.8. The normalized spacial score (nSPS) is 11.1. The Bertz CT molecular complexity index is 3740. The summed E-state index contributed by atoms with van der Waals surface area (Å²) in [6.45, 7) is 2.20. The molecule has 9 aromatic carbocycles. The van der Waals surface area contributed by atoms with Gasteiger partial charge >= 0.3 is 0 Å². The van der Waals surface area contributed by atoms with Crippen LogP contribution in [0.25, 0.3) is 123 Å². The van der Waals surface area contributed by atoms with E-state index in [1.807, 2.05) is 24.5 Å². The van der Waals surface area contributed by atoms with Crippen LogP contribution < -0.4 is 0 Å². The van der Waals surface area contributed by atoms with Crippen LogP contribution in [0.4, 0.5) is 0 Å². The highest BCUT2D eigenvalue weighted by Gasteiger charge is 2.18. The largest absolute Gasteiger partial charge is 0.256 e. The fourth-order valence-corrected chi connectivity index (χ4v) is 10.1. The van der Waals surface area contributed by atoms with Crippen molar-refractivity contribution in [1.29, 1.82) is 0 Å². The predicted molar refractivity (Wildman–Crippen MR) is 304 cm³/mol. The second-order valence-electron chi connectivity index (χ2n) is 18.4. The fourth-order valence-electron chi connectivity index (χ4n) is 10.1. The highest BCUT2D eigenvalue weighted by Crippen LogP contribution is 2.43. The summed E-state index contributed by atoms with van der Waals surface area (Å²) in [5, 5.41) is 0. The summed E-state index contributed by atoms with van der Waals surface area (Å²) in [5.41, 5.74) is 25.2. The average Bonchev–Trinajstić information content (AvgIpc) is 3.48. The Hall–Kier alpha value is -9.57. The Kier molecular flexibility index (Phi) is 12.2. The van der Waals surface area contributed by atoms with Crippen LogP contribution >= 0.6 is 0 Å². The van der Waals surface area contributed by atoms with Gasteiger partial charge in [0.15, 0.2) is 0 Å². The van der Waals surface area contributed by atoms with Gasteiger partial charge in [0, 0.05) is 52.0 Å². The molecule has 0 N–H and O–H groups in total. The molecule has 3 aromatic heterocycles. The van der Waals surface area contributed by atoms with E-state index >= 15 is 0 Å². The molecule has 73 heavy (non-hydrogen) atoms. The van der Waals surface area contributed by atoms with Gasteiger partial charge in [-0.15, -0.1) is 0 Å². The van der Waals surface area contributed by atoms with Crippen molar-refractivity contribution in [2.75, 3.05) is 0 Å². The van der Waals surface area contributed by atoms with E-state index in [2.05, 4.69) is 262 Å². The van der Waals surface area contributed by atoms with Crippen LogP contribution in [0.15, 0.2) is 279 Å². The fraction of sp³-hybridized carbons (Fsp3) is 0.0143. The van der Waals surface area contributed by atoms with Crippen LogP contribution in [-0.2, 0) is 0 Å². The zero-order valence-electron chi connectivity index (χ0n) is 40.4. The molecular formula is C70H49N3. The van der Waals surface area contributed by atoms with Gasteiger partial charge in [-0.25, -0.2) is 0 Å². The van der Waals surface area contributed by atoms with Crippen LogP contribution in [0.1, 0.15) is 5.56 Å². The smallest absolute Gasteiger partial charge is 0.0705 e. The summed E-state index contributed by atoms with van der Waals surface area (Å²) < 4.78 is 0. The minimum atomic E-state index is 0.940. The van der Waals surface area contributed by atoms with Crippen molar-refractivity contribution in [3.05, 3.63) is 285 Å². The van der Waals surface area contributed by atoms with Gasteiger partial charge in [0.25, 0.3) is 0 Å². The Morgan fingerprint density at radius 3 is 0.959 bits per heavy atom. The maximum Gasteiger partial charge on any atom is 0.0705 e. The number of aromatic nitrogens is 3. The van der Waals surface area contributed by atoms with Crippen LogP contribution in [0.5, 0.6) is 0 Å². The highest BCUT2D eigenvalue weighted by molar-refractivity contribution is 5.94. The lowest BCUT2D eigenvalue weighted by Crippen LogP contribution is -1.94. The van der Waals surface area contributed by atoms with Crippen LogP contribution in [-0.4, -0.2) is 15.0 Å². The lowest BCUT2D eigenvalue weighted by Gasteiger charge is -2.18. The van der Waals surface area contributed by atoms with E-state index < -0.39 is 0 Å². The number of aryl methyl sites for hydroxylation is 1. The molecular weight excluding hydrogens is 883 g/mol. The molecule has 0 bridgehead atoms. The Morgan fingerprint density at radius 1 is 0.192 bits per heavy atom. The van der Waals surface area contributed by atoms with Crippen molar-refractivity contribution in [3.8, 4) is 123 Å². The third-order valence-corrected chi connectivity index (χ3v) is 13.8. The predicted octanol–water partition coefficient (Wildman–Crippen LogP) is 18.5. The number of hydrogen-bond donors (Lipinski definition) is 0. The first kappa shape index (κ1) is 44.6. The van der Waals surface area contributed by atoms with Gasteiger partial charge in [-0.2, -0.15) is 0 Å². The summed E-state index contributed by atoms with van der Waals surface area (Å²) in [4.78, 5) is 15.1. The summed E-state index contributed by atoms with van der Waals surface area (Å²) in [6, 6.07) is 92.7. The van der Waals surface area contributed by atoms with Crippen molar-refractivity contribution in [2.45, 2.75) is 6.92 Å². The van der Waals surface area contributed by atoms with Gasteiger partial charge in [0.05, 0.1) is 17.1 Å². The molecule has 0 spiro atoms. The van der Waals surface area contributed by atoms with Crippen LogP contribution in [0.2, 0.25) is 0 Å². The molecule has 0 aliphatic rings. The molecule has 3 nitrogen and oxygen atoms in total. The second-order valence-corrected chi connectivity index (χ2v) is 18.4. The van der Waals surface area contributed by atoms with Crippen molar-refractivity contribution >= 4 is 0 Å². The molecule has 344 valence electrons. The van der Waals surface area contributed by atoms with Gasteiger partial charge in [-0.1, -0.05) is 212 Å². The van der Waals surface area contributed by atoms with Gasteiger partial charge in [-0.3, -0.25) is 15.0 Å². The highest BCUT2D eigenvalue weighted by atomic mass is 14.7. The minimum absolute atomic E-state index is 0.940. The molecule has 12 rings (SSSR count). The molecule has 0 fully saturated rings. The molecule has 0 radical (unpaired) electrons. The van der Waals surface area contributed by atoms with E-state index in [0.29, 0.717) is 0 Å². The molecule has 12 aromatic rings. The van der Waals surface area contributed by atoms with Crippen molar-refractivity contribution in [3.63, 3.8) is 0 Å². The lowest BCUT2D eigenvalue weighted by atomic mass is 9.86. The van der Waals surface area contributed by atoms with Crippen LogP contribution in [0, 0.1) is 6.92 Å². The SMILES string of the molecule is Cc1cc(-c2cccc(-c3cccc(-c4ccccc4)c3)c2)ncc1-c1ccccc1-c1cc(-c2ccccc2-c2ccc(-c3ccccc3)nc2)cc(-c2ccccc2-c2ccc(-c3ccccc3)nc2)c1. The quantitative estimate of drug-likeness (QED) is 0.130. The van der Waals surface area contributed by atoms with Crippen molar-refractivity contribution < 1.29 is 0 Å². The summed E-state index contributed by atoms with van der Waals surface area (Å²) in [6.07, 6.45) is 6.06. The summed E-state index contributed by atoms with van der Waals surface area (Å²) in [7, 11) is 0. The van der Waals surface area contributed by atoms with E-state index in [4.69, 9.17) is 15.0 Å². The van der Waals surface area contributed by atoms with Crippen LogP contribution in [0.3, 0.4) is 0 Å². The maximum atomic E-state index is 5.18. The molecule has 0 amide bonds. The molecule has 3 heterocycles. The topological polar surface area (TPSA) is 38.7 Å². The zero-order valence-corrected chi connectivity index (χ0v) is 40.4. The minimum Gasteiger partial charge on any atom is -0.256 e. The third kappa shape index (κ3) is 9.32. The van der Waals surface area contributed by atoms with E-state index in [1.165, 1.54) is 16.7 Å². The monoisotopic (exact) mass is 931 g/mol. The number of pyridine rings is 3. The molecule has 0 aliphatic carbocycles. The molecule has 0 unspecified atom stereocenters. The Morgan fingerprint density at radius 2 is 0.521 bits per heavy atom. The van der Waals surface area contributed by atoms with E-state index in [1.54, 1.807) is 0 Å². The van der Waals surface area contributed by atoms with Gasteiger partial charge in [0.2, 0.25) is 0 Å². The first-order valence-corrected chi connectivity index (χ1v) is 24.8. The van der Waals surface area contributed by atoms with Gasteiger partial charge in [0.1, 0.15) is 0 Å². The van der Waals surface area contributed by atoms with E-state index in [-0.39, 0.29) is 0 Å². The lowest BCUT2D eigenvalue weighted by molar-refractivity contribution is 1.29. The summed E-state index contributed by atoms with van der Waals surface area (Å²) in [5.74, 6) is 0. The van der Waals surface area contributed by atoms with E-state index in [9.17, 15) is 0 Å². The Balaban J connectivity index is 0.955. The number of rotatable bonds is 11.